The van der Waals surface area contributed by atoms with E-state index in [9.17, 15) is 4.79 Å². The molecule has 0 bridgehead atoms. The maximum Gasteiger partial charge on any atom is 0.143 e. The molecule has 0 radical (unpaired) electrons. The first-order valence-corrected chi connectivity index (χ1v) is 7.95. The summed E-state index contributed by atoms with van der Waals surface area (Å²) in [6.45, 7) is 4.91. The van der Waals surface area contributed by atoms with Crippen LogP contribution in [0.1, 0.15) is 31.7 Å². The number of Topliss-reactive ketones (excluding diaryl/α,β-unsaturated/α-hetero) is 1. The molecule has 1 fully saturated rings. The van der Waals surface area contributed by atoms with Gasteiger partial charge in [-0.25, -0.2) is 0 Å². The van der Waals surface area contributed by atoms with Crippen molar-refractivity contribution in [3.05, 3.63) is 35.9 Å². The third-order valence-corrected chi connectivity index (χ3v) is 2.99. The molecule has 0 aliphatic carbocycles. The lowest BCUT2D eigenvalue weighted by molar-refractivity contribution is -0.123. The molecule has 1 heterocycles. The number of alkyl halides is 1. The molecule has 0 amide bonds. The molecular formula is C14H20INO. The van der Waals surface area contributed by atoms with Gasteiger partial charge >= 0.3 is 0 Å². The summed E-state index contributed by atoms with van der Waals surface area (Å²) in [5, 5.41) is 3.42. The van der Waals surface area contributed by atoms with Crippen molar-refractivity contribution in [2.24, 2.45) is 0 Å². The van der Waals surface area contributed by atoms with E-state index in [-0.39, 0.29) is 11.5 Å². The van der Waals surface area contributed by atoms with Crippen molar-refractivity contribution in [3.8, 4) is 0 Å². The molecule has 2 nitrogen and oxygen atoms in total. The summed E-state index contributed by atoms with van der Waals surface area (Å²) < 4.78 is 0. The zero-order valence-corrected chi connectivity index (χ0v) is 12.8. The minimum atomic E-state index is -0.0393. The summed E-state index contributed by atoms with van der Waals surface area (Å²) >= 11 is 2.15. The first kappa shape index (κ1) is 14.6. The third kappa shape index (κ3) is 4.07. The van der Waals surface area contributed by atoms with Gasteiger partial charge in [0, 0.05) is 18.5 Å². The van der Waals surface area contributed by atoms with Crippen LogP contribution in [0, 0.1) is 0 Å². The molecule has 1 unspecified atom stereocenters. The van der Waals surface area contributed by atoms with Crippen LogP contribution >= 0.6 is 22.6 Å². The van der Waals surface area contributed by atoms with Crippen LogP contribution in [-0.4, -0.2) is 22.8 Å². The topological polar surface area (TPSA) is 29.1 Å². The first-order chi connectivity index (χ1) is 8.08. The molecule has 0 aromatic heterocycles. The highest BCUT2D eigenvalue weighted by Crippen LogP contribution is 2.26. The number of carbonyl (C=O) groups excluding carboxylic acids is 1. The Labute approximate surface area is 117 Å². The summed E-state index contributed by atoms with van der Waals surface area (Å²) in [7, 11) is 0. The van der Waals surface area contributed by atoms with Crippen LogP contribution in [0.15, 0.2) is 30.3 Å². The molecule has 1 aliphatic rings. The second-order valence-corrected chi connectivity index (χ2v) is 4.87. The van der Waals surface area contributed by atoms with Crippen molar-refractivity contribution in [2.45, 2.75) is 31.7 Å². The van der Waals surface area contributed by atoms with Gasteiger partial charge in [0.05, 0.1) is 5.92 Å². The van der Waals surface area contributed by atoms with Gasteiger partial charge < -0.3 is 5.32 Å². The van der Waals surface area contributed by atoms with E-state index in [0.717, 1.165) is 12.1 Å². The quantitative estimate of drug-likeness (QED) is 0.626. The van der Waals surface area contributed by atoms with Gasteiger partial charge in [-0.05, 0) is 24.3 Å². The summed E-state index contributed by atoms with van der Waals surface area (Å²) in [5.41, 5.74) is 1.09. The number of nitrogens with one attached hydrogen (secondary N) is 1. The second-order valence-electron chi connectivity index (χ2n) is 4.87. The molecule has 0 spiro atoms. The molecule has 2 rings (SSSR count). The van der Waals surface area contributed by atoms with Crippen molar-refractivity contribution in [3.63, 3.8) is 0 Å². The maximum atomic E-state index is 12.0. The lowest BCUT2D eigenvalue weighted by atomic mass is 9.82. The number of piperidine rings is 1. The van der Waals surface area contributed by atoms with Crippen LogP contribution in [0.3, 0.4) is 0 Å². The maximum absolute atomic E-state index is 12.0. The normalized spacial score (nSPS) is 22.6. The molecule has 1 aliphatic heterocycles. The van der Waals surface area contributed by atoms with E-state index in [1.165, 1.54) is 0 Å². The van der Waals surface area contributed by atoms with E-state index in [1.807, 2.05) is 35.3 Å². The standard InChI is InChI=1S/C13H17NO.CH3I/c1-13(2)8-12(15)11(9-14-13)10-6-4-3-5-7-10;1-2/h3-7,11,14H,8-9H2,1-2H3;1H3. The third-order valence-electron chi connectivity index (χ3n) is 2.99. The summed E-state index contributed by atoms with van der Waals surface area (Å²) in [6, 6.07) is 10.0. The number of rotatable bonds is 1. The van der Waals surface area contributed by atoms with Gasteiger partial charge in [0.2, 0.25) is 0 Å². The summed E-state index contributed by atoms with van der Waals surface area (Å²) in [5.74, 6) is 0.393. The number of hydrogen-bond acceptors (Lipinski definition) is 2. The first-order valence-electron chi connectivity index (χ1n) is 5.79. The van der Waals surface area contributed by atoms with Crippen molar-refractivity contribution in [1.29, 1.82) is 0 Å². The second kappa shape index (κ2) is 6.50. The molecule has 3 heteroatoms. The Morgan fingerprint density at radius 1 is 1.24 bits per heavy atom. The fraction of sp³-hybridized carbons (Fsp3) is 0.500. The average molecular weight is 345 g/mol. The van der Waals surface area contributed by atoms with E-state index in [2.05, 4.69) is 41.8 Å². The molecular weight excluding hydrogens is 325 g/mol. The van der Waals surface area contributed by atoms with Crippen LogP contribution in [0.4, 0.5) is 0 Å². The number of hydrogen-bond donors (Lipinski definition) is 1. The fourth-order valence-electron chi connectivity index (χ4n) is 2.10. The Bertz CT molecular complexity index is 362. The number of benzene rings is 1. The van der Waals surface area contributed by atoms with Crippen LogP contribution in [0.25, 0.3) is 0 Å². The number of ketones is 1. The fourth-order valence-corrected chi connectivity index (χ4v) is 2.10. The van der Waals surface area contributed by atoms with Crippen LogP contribution in [-0.2, 0) is 4.79 Å². The molecule has 1 aromatic carbocycles. The van der Waals surface area contributed by atoms with Crippen LogP contribution < -0.4 is 5.32 Å². The highest BCUT2D eigenvalue weighted by molar-refractivity contribution is 14.1. The van der Waals surface area contributed by atoms with Gasteiger partial charge in [-0.2, -0.15) is 0 Å². The Balaban J connectivity index is 0.000000686. The Morgan fingerprint density at radius 3 is 2.35 bits per heavy atom. The average Bonchev–Trinajstić information content (AvgIpc) is 2.31. The van der Waals surface area contributed by atoms with Gasteiger partial charge in [-0.1, -0.05) is 52.9 Å². The molecule has 1 saturated heterocycles. The van der Waals surface area contributed by atoms with Crippen LogP contribution in [0.5, 0.6) is 0 Å². The molecule has 1 N–H and O–H groups in total. The monoisotopic (exact) mass is 345 g/mol. The van der Waals surface area contributed by atoms with E-state index >= 15 is 0 Å². The minimum absolute atomic E-state index is 0.0393. The van der Waals surface area contributed by atoms with E-state index < -0.39 is 0 Å². The van der Waals surface area contributed by atoms with Crippen molar-refractivity contribution < 1.29 is 4.79 Å². The van der Waals surface area contributed by atoms with Gasteiger partial charge in [0.15, 0.2) is 0 Å². The largest absolute Gasteiger partial charge is 0.310 e. The summed E-state index contributed by atoms with van der Waals surface area (Å²) in [4.78, 5) is 13.9. The molecule has 0 saturated carbocycles. The van der Waals surface area contributed by atoms with Crippen molar-refractivity contribution in [1.82, 2.24) is 5.32 Å². The molecule has 1 aromatic rings. The lowest BCUT2D eigenvalue weighted by Gasteiger charge is -2.34. The zero-order valence-electron chi connectivity index (χ0n) is 10.7. The smallest absolute Gasteiger partial charge is 0.143 e. The van der Waals surface area contributed by atoms with Gasteiger partial charge in [-0.15, -0.1) is 0 Å². The Hall–Kier alpha value is -0.420. The van der Waals surface area contributed by atoms with Gasteiger partial charge in [0.25, 0.3) is 0 Å². The predicted molar refractivity (Wildman–Crippen MR) is 80.8 cm³/mol. The number of halogens is 1. The van der Waals surface area contributed by atoms with E-state index in [1.54, 1.807) is 0 Å². The van der Waals surface area contributed by atoms with Gasteiger partial charge in [0.1, 0.15) is 5.78 Å². The lowest BCUT2D eigenvalue weighted by Crippen LogP contribution is -2.50. The molecule has 94 valence electrons. The Morgan fingerprint density at radius 2 is 1.82 bits per heavy atom. The predicted octanol–water partition coefficient (Wildman–Crippen LogP) is 3.16. The van der Waals surface area contributed by atoms with E-state index in [4.69, 9.17) is 0 Å². The van der Waals surface area contributed by atoms with Crippen LogP contribution in [0.2, 0.25) is 0 Å². The van der Waals surface area contributed by atoms with E-state index in [0.29, 0.717) is 12.2 Å². The molecule has 1 atom stereocenters. The molecule has 17 heavy (non-hydrogen) atoms. The van der Waals surface area contributed by atoms with Crippen molar-refractivity contribution >= 4 is 28.4 Å². The van der Waals surface area contributed by atoms with Crippen molar-refractivity contribution in [2.75, 3.05) is 11.5 Å². The highest BCUT2D eigenvalue weighted by atomic mass is 127. The highest BCUT2D eigenvalue weighted by Gasteiger charge is 2.33. The minimum Gasteiger partial charge on any atom is -0.310 e. The zero-order chi connectivity index (χ0) is 12.9. The summed E-state index contributed by atoms with van der Waals surface area (Å²) in [6.07, 6.45) is 0.618. The Kier molecular flexibility index (Phi) is 5.59. The van der Waals surface area contributed by atoms with Gasteiger partial charge in [-0.3, -0.25) is 4.79 Å². The SMILES string of the molecule is CC1(C)CC(=O)C(c2ccccc2)CN1.CI. The number of carbonyl (C=O) groups is 1.